The number of nitrogens with one attached hydrogen (secondary N) is 1. The molecule has 1 amide bonds. The summed E-state index contributed by atoms with van der Waals surface area (Å²) in [6.45, 7) is 3.86. The first kappa shape index (κ1) is 14.5. The zero-order valence-electron chi connectivity index (χ0n) is 11.8. The van der Waals surface area contributed by atoms with Gasteiger partial charge >= 0.3 is 0 Å². The second-order valence-electron chi connectivity index (χ2n) is 4.61. The monoisotopic (exact) mass is 287 g/mol. The molecule has 0 fully saturated rings. The van der Waals surface area contributed by atoms with E-state index in [0.717, 1.165) is 5.56 Å². The van der Waals surface area contributed by atoms with Crippen molar-refractivity contribution in [1.82, 2.24) is 15.3 Å². The first-order valence-corrected chi connectivity index (χ1v) is 7.61. The molecule has 1 aromatic heterocycles. The molecule has 0 bridgehead atoms. The predicted octanol–water partition coefficient (Wildman–Crippen LogP) is 3.00. The minimum atomic E-state index is -0.147. The van der Waals surface area contributed by atoms with Crippen molar-refractivity contribution < 1.29 is 4.79 Å². The summed E-state index contributed by atoms with van der Waals surface area (Å²) in [5, 5.41) is 3.54. The van der Waals surface area contributed by atoms with E-state index in [-0.39, 0.29) is 11.9 Å². The lowest BCUT2D eigenvalue weighted by molar-refractivity contribution is 0.0943. The van der Waals surface area contributed by atoms with E-state index in [9.17, 15) is 4.79 Å². The van der Waals surface area contributed by atoms with Crippen LogP contribution in [0.25, 0.3) is 11.3 Å². The highest BCUT2D eigenvalue weighted by atomic mass is 32.2. The van der Waals surface area contributed by atoms with Crippen LogP contribution >= 0.6 is 11.8 Å². The Labute approximate surface area is 123 Å². The SMILES string of the molecule is CSc1ncc(C(=O)NC(C)C)c(-c2ccccc2)n1. The van der Waals surface area contributed by atoms with Crippen LogP contribution in [0.4, 0.5) is 0 Å². The number of benzene rings is 1. The molecular weight excluding hydrogens is 270 g/mol. The standard InChI is InChI=1S/C15H17N3OS/c1-10(2)17-14(19)12-9-16-15(20-3)18-13(12)11-7-5-4-6-8-11/h4-10H,1-3H3,(H,17,19). The van der Waals surface area contributed by atoms with Crippen molar-refractivity contribution in [1.29, 1.82) is 0 Å². The molecule has 20 heavy (non-hydrogen) atoms. The molecular formula is C15H17N3OS. The largest absolute Gasteiger partial charge is 0.350 e. The lowest BCUT2D eigenvalue weighted by Crippen LogP contribution is -2.30. The minimum absolute atomic E-state index is 0.0753. The van der Waals surface area contributed by atoms with Gasteiger partial charge in [-0.3, -0.25) is 4.79 Å². The number of thioether (sulfide) groups is 1. The summed E-state index contributed by atoms with van der Waals surface area (Å²) < 4.78 is 0. The van der Waals surface area contributed by atoms with Crippen molar-refractivity contribution in [2.45, 2.75) is 25.0 Å². The average molecular weight is 287 g/mol. The zero-order valence-corrected chi connectivity index (χ0v) is 12.6. The molecule has 1 heterocycles. The average Bonchev–Trinajstić information content (AvgIpc) is 2.46. The van der Waals surface area contributed by atoms with E-state index in [1.165, 1.54) is 11.8 Å². The normalized spacial score (nSPS) is 10.6. The molecule has 0 radical (unpaired) electrons. The number of carbonyl (C=O) groups excluding carboxylic acids is 1. The summed E-state index contributed by atoms with van der Waals surface area (Å²) in [5.74, 6) is -0.147. The Balaban J connectivity index is 2.49. The minimum Gasteiger partial charge on any atom is -0.350 e. The quantitative estimate of drug-likeness (QED) is 0.694. The highest BCUT2D eigenvalue weighted by Crippen LogP contribution is 2.23. The smallest absolute Gasteiger partial charge is 0.255 e. The first-order chi connectivity index (χ1) is 9.61. The molecule has 0 saturated heterocycles. The van der Waals surface area contributed by atoms with E-state index in [4.69, 9.17) is 0 Å². The second kappa shape index (κ2) is 6.52. The van der Waals surface area contributed by atoms with Crippen LogP contribution in [-0.4, -0.2) is 28.2 Å². The molecule has 5 heteroatoms. The number of aromatic nitrogens is 2. The Morgan fingerprint density at radius 2 is 1.95 bits per heavy atom. The van der Waals surface area contributed by atoms with E-state index in [0.29, 0.717) is 16.4 Å². The third-order valence-corrected chi connectivity index (χ3v) is 3.22. The molecule has 2 aromatic rings. The predicted molar refractivity (Wildman–Crippen MR) is 81.9 cm³/mol. The topological polar surface area (TPSA) is 54.9 Å². The molecule has 104 valence electrons. The fourth-order valence-electron chi connectivity index (χ4n) is 1.79. The van der Waals surface area contributed by atoms with E-state index < -0.39 is 0 Å². The molecule has 0 aliphatic carbocycles. The van der Waals surface area contributed by atoms with Crippen LogP contribution in [0.2, 0.25) is 0 Å². The lowest BCUT2D eigenvalue weighted by atomic mass is 10.1. The zero-order chi connectivity index (χ0) is 14.5. The Morgan fingerprint density at radius 1 is 1.25 bits per heavy atom. The van der Waals surface area contributed by atoms with Gasteiger partial charge in [-0.2, -0.15) is 0 Å². The summed E-state index contributed by atoms with van der Waals surface area (Å²) >= 11 is 1.46. The molecule has 0 spiro atoms. The third-order valence-electron chi connectivity index (χ3n) is 2.66. The van der Waals surface area contributed by atoms with Crippen molar-refractivity contribution in [3.63, 3.8) is 0 Å². The van der Waals surface area contributed by atoms with Crippen LogP contribution in [0.1, 0.15) is 24.2 Å². The summed E-state index contributed by atoms with van der Waals surface area (Å²) in [5.41, 5.74) is 2.09. The highest BCUT2D eigenvalue weighted by molar-refractivity contribution is 7.98. The van der Waals surface area contributed by atoms with E-state index >= 15 is 0 Å². The van der Waals surface area contributed by atoms with Gasteiger partial charge in [0.05, 0.1) is 11.3 Å². The molecule has 0 unspecified atom stereocenters. The number of amides is 1. The number of carbonyl (C=O) groups is 1. The number of nitrogens with zero attached hydrogens (tertiary/aromatic N) is 2. The van der Waals surface area contributed by atoms with Gasteiger partial charge < -0.3 is 5.32 Å². The van der Waals surface area contributed by atoms with Crippen LogP contribution in [0, 0.1) is 0 Å². The number of hydrogen-bond donors (Lipinski definition) is 1. The maximum absolute atomic E-state index is 12.3. The van der Waals surface area contributed by atoms with Crippen molar-refractivity contribution in [3.8, 4) is 11.3 Å². The fourth-order valence-corrected chi connectivity index (χ4v) is 2.13. The Kier molecular flexibility index (Phi) is 4.74. The van der Waals surface area contributed by atoms with Gasteiger partial charge in [-0.1, -0.05) is 42.1 Å². The van der Waals surface area contributed by atoms with Gasteiger partial charge in [0.2, 0.25) is 0 Å². The molecule has 0 saturated carbocycles. The van der Waals surface area contributed by atoms with E-state index in [1.807, 2.05) is 50.4 Å². The van der Waals surface area contributed by atoms with E-state index in [1.54, 1.807) is 6.20 Å². The molecule has 1 aromatic carbocycles. The van der Waals surface area contributed by atoms with Crippen molar-refractivity contribution >= 4 is 17.7 Å². The first-order valence-electron chi connectivity index (χ1n) is 6.39. The van der Waals surface area contributed by atoms with Crippen LogP contribution in [0.3, 0.4) is 0 Å². The third kappa shape index (κ3) is 3.36. The van der Waals surface area contributed by atoms with E-state index in [2.05, 4.69) is 15.3 Å². The van der Waals surface area contributed by atoms with Crippen molar-refractivity contribution in [2.24, 2.45) is 0 Å². The lowest BCUT2D eigenvalue weighted by Gasteiger charge is -2.12. The van der Waals surface area contributed by atoms with Crippen LogP contribution in [0.5, 0.6) is 0 Å². The van der Waals surface area contributed by atoms with Crippen LogP contribution in [0.15, 0.2) is 41.7 Å². The van der Waals surface area contributed by atoms with Crippen LogP contribution < -0.4 is 5.32 Å². The van der Waals surface area contributed by atoms with Gasteiger partial charge in [0.25, 0.3) is 5.91 Å². The van der Waals surface area contributed by atoms with Gasteiger partial charge in [0.15, 0.2) is 5.16 Å². The summed E-state index contributed by atoms with van der Waals surface area (Å²) in [6, 6.07) is 9.76. The molecule has 4 nitrogen and oxygen atoms in total. The second-order valence-corrected chi connectivity index (χ2v) is 5.39. The molecule has 0 atom stereocenters. The summed E-state index contributed by atoms with van der Waals surface area (Å²) in [6.07, 6.45) is 3.51. The van der Waals surface area contributed by atoms with Gasteiger partial charge in [0, 0.05) is 17.8 Å². The van der Waals surface area contributed by atoms with Gasteiger partial charge in [-0.15, -0.1) is 0 Å². The fraction of sp³-hybridized carbons (Fsp3) is 0.267. The van der Waals surface area contributed by atoms with Gasteiger partial charge in [0.1, 0.15) is 0 Å². The summed E-state index contributed by atoms with van der Waals surface area (Å²) in [4.78, 5) is 20.9. The maximum Gasteiger partial charge on any atom is 0.255 e. The van der Waals surface area contributed by atoms with Crippen LogP contribution in [-0.2, 0) is 0 Å². The van der Waals surface area contributed by atoms with Gasteiger partial charge in [-0.05, 0) is 20.1 Å². The summed E-state index contributed by atoms with van der Waals surface area (Å²) in [7, 11) is 0. The Bertz CT molecular complexity index is 599. The van der Waals surface area contributed by atoms with Crippen molar-refractivity contribution in [2.75, 3.05) is 6.26 Å². The number of rotatable bonds is 4. The highest BCUT2D eigenvalue weighted by Gasteiger charge is 2.16. The van der Waals surface area contributed by atoms with Crippen molar-refractivity contribution in [3.05, 3.63) is 42.1 Å². The molecule has 1 N–H and O–H groups in total. The van der Waals surface area contributed by atoms with Gasteiger partial charge in [-0.25, -0.2) is 9.97 Å². The maximum atomic E-state index is 12.3. The molecule has 0 aliphatic rings. The number of hydrogen-bond acceptors (Lipinski definition) is 4. The Hall–Kier alpha value is -1.88. The Morgan fingerprint density at radius 3 is 2.55 bits per heavy atom. The molecule has 0 aliphatic heterocycles. The molecule has 2 rings (SSSR count).